The molecular formula is C18H19NO4. The van der Waals surface area contributed by atoms with Crippen molar-refractivity contribution in [2.75, 3.05) is 7.11 Å². The summed E-state index contributed by atoms with van der Waals surface area (Å²) >= 11 is 0. The van der Waals surface area contributed by atoms with E-state index in [2.05, 4.69) is 5.32 Å². The number of phenols is 1. The lowest BCUT2D eigenvalue weighted by molar-refractivity contribution is -0.142. The Morgan fingerprint density at radius 1 is 1.13 bits per heavy atom. The van der Waals surface area contributed by atoms with E-state index >= 15 is 0 Å². The van der Waals surface area contributed by atoms with Gasteiger partial charge in [-0.25, -0.2) is 4.79 Å². The van der Waals surface area contributed by atoms with Crippen LogP contribution >= 0.6 is 0 Å². The van der Waals surface area contributed by atoms with E-state index in [-0.39, 0.29) is 5.75 Å². The normalized spacial score (nSPS) is 11.6. The minimum atomic E-state index is -0.776. The summed E-state index contributed by atoms with van der Waals surface area (Å²) in [6, 6.07) is 12.7. The van der Waals surface area contributed by atoms with Crippen molar-refractivity contribution in [3.05, 3.63) is 65.2 Å². The van der Waals surface area contributed by atoms with Crippen LogP contribution in [0.1, 0.15) is 21.5 Å². The summed E-state index contributed by atoms with van der Waals surface area (Å²) in [4.78, 5) is 24.2. The molecule has 2 aromatic carbocycles. The molecule has 0 unspecified atom stereocenters. The summed E-state index contributed by atoms with van der Waals surface area (Å²) in [5.74, 6) is -0.819. The highest BCUT2D eigenvalue weighted by molar-refractivity contribution is 5.96. The second-order valence-electron chi connectivity index (χ2n) is 5.23. The van der Waals surface area contributed by atoms with Crippen molar-refractivity contribution in [3.8, 4) is 5.75 Å². The van der Waals surface area contributed by atoms with Gasteiger partial charge in [0.1, 0.15) is 11.8 Å². The van der Waals surface area contributed by atoms with Gasteiger partial charge in [0.05, 0.1) is 7.11 Å². The molecular weight excluding hydrogens is 294 g/mol. The van der Waals surface area contributed by atoms with Crippen molar-refractivity contribution in [1.82, 2.24) is 5.32 Å². The first-order valence-corrected chi connectivity index (χ1v) is 7.23. The molecule has 5 nitrogen and oxygen atoms in total. The molecule has 23 heavy (non-hydrogen) atoms. The fourth-order valence-corrected chi connectivity index (χ4v) is 2.25. The number of aryl methyl sites for hydroxylation is 1. The van der Waals surface area contributed by atoms with Gasteiger partial charge in [0.15, 0.2) is 0 Å². The number of ether oxygens (including phenoxy) is 1. The number of rotatable bonds is 5. The van der Waals surface area contributed by atoms with E-state index in [1.807, 2.05) is 31.2 Å². The molecule has 120 valence electrons. The number of esters is 1. The van der Waals surface area contributed by atoms with Crippen LogP contribution in [0.4, 0.5) is 0 Å². The molecule has 0 saturated heterocycles. The minimum absolute atomic E-state index is 0.0750. The van der Waals surface area contributed by atoms with Crippen LogP contribution in [0.15, 0.2) is 48.5 Å². The molecule has 0 saturated carbocycles. The smallest absolute Gasteiger partial charge is 0.328 e. The third-order valence-corrected chi connectivity index (χ3v) is 3.61. The average Bonchev–Trinajstić information content (AvgIpc) is 2.56. The van der Waals surface area contributed by atoms with Crippen LogP contribution in [0.5, 0.6) is 5.75 Å². The molecule has 5 heteroatoms. The van der Waals surface area contributed by atoms with Crippen LogP contribution in [0.25, 0.3) is 0 Å². The summed E-state index contributed by atoms with van der Waals surface area (Å²) in [5, 5.41) is 12.0. The van der Waals surface area contributed by atoms with Crippen LogP contribution in [0.2, 0.25) is 0 Å². The van der Waals surface area contributed by atoms with Gasteiger partial charge in [-0.2, -0.15) is 0 Å². The molecule has 0 aliphatic carbocycles. The second-order valence-corrected chi connectivity index (χ2v) is 5.23. The van der Waals surface area contributed by atoms with Crippen LogP contribution in [0, 0.1) is 6.92 Å². The molecule has 0 heterocycles. The Kier molecular flexibility index (Phi) is 5.36. The monoisotopic (exact) mass is 313 g/mol. The number of amides is 1. The number of phenolic OH excluding ortho intramolecular Hbond substituents is 1. The van der Waals surface area contributed by atoms with Gasteiger partial charge < -0.3 is 15.2 Å². The van der Waals surface area contributed by atoms with E-state index in [1.165, 1.54) is 31.4 Å². The van der Waals surface area contributed by atoms with Crippen molar-refractivity contribution in [2.24, 2.45) is 0 Å². The number of hydrogen-bond donors (Lipinski definition) is 2. The Labute approximate surface area is 134 Å². The van der Waals surface area contributed by atoms with Crippen molar-refractivity contribution in [3.63, 3.8) is 0 Å². The maximum atomic E-state index is 12.3. The van der Waals surface area contributed by atoms with Gasteiger partial charge in [-0.1, -0.05) is 24.3 Å². The van der Waals surface area contributed by atoms with Crippen LogP contribution in [0.3, 0.4) is 0 Å². The van der Waals surface area contributed by atoms with Crippen LogP contribution in [-0.4, -0.2) is 30.1 Å². The quantitative estimate of drug-likeness (QED) is 0.830. The van der Waals surface area contributed by atoms with Crippen LogP contribution < -0.4 is 5.32 Å². The molecule has 0 bridgehead atoms. The fourth-order valence-electron chi connectivity index (χ4n) is 2.25. The Balaban J connectivity index is 2.16. The summed E-state index contributed by atoms with van der Waals surface area (Å²) in [6.45, 7) is 1.95. The lowest BCUT2D eigenvalue weighted by Gasteiger charge is -2.17. The third-order valence-electron chi connectivity index (χ3n) is 3.61. The first-order valence-electron chi connectivity index (χ1n) is 7.23. The lowest BCUT2D eigenvalue weighted by atomic mass is 10.0. The third kappa shape index (κ3) is 4.32. The Bertz CT molecular complexity index is 694. The number of nitrogens with one attached hydrogen (secondary N) is 1. The van der Waals surface area contributed by atoms with Crippen LogP contribution in [-0.2, 0) is 16.0 Å². The Morgan fingerprint density at radius 3 is 2.39 bits per heavy atom. The highest BCUT2D eigenvalue weighted by Crippen LogP contribution is 2.13. The highest BCUT2D eigenvalue weighted by Gasteiger charge is 2.23. The summed E-state index contributed by atoms with van der Waals surface area (Å²) in [6.07, 6.45) is 0.350. The van der Waals surface area contributed by atoms with Gasteiger partial charge in [0, 0.05) is 12.0 Å². The molecule has 1 amide bonds. The number of aromatic hydroxyl groups is 1. The summed E-state index contributed by atoms with van der Waals surface area (Å²) in [5.41, 5.74) is 2.37. The summed E-state index contributed by atoms with van der Waals surface area (Å²) < 4.78 is 4.79. The topological polar surface area (TPSA) is 75.6 Å². The highest BCUT2D eigenvalue weighted by atomic mass is 16.5. The van der Waals surface area contributed by atoms with Gasteiger partial charge in [-0.15, -0.1) is 0 Å². The first kappa shape index (κ1) is 16.5. The maximum Gasteiger partial charge on any atom is 0.328 e. The Morgan fingerprint density at radius 2 is 1.78 bits per heavy atom. The first-order chi connectivity index (χ1) is 11.0. The van der Waals surface area contributed by atoms with E-state index in [0.717, 1.165) is 11.1 Å². The van der Waals surface area contributed by atoms with Gasteiger partial charge in [0.25, 0.3) is 5.91 Å². The summed E-state index contributed by atoms with van der Waals surface area (Å²) in [7, 11) is 1.29. The SMILES string of the molecule is COC(=O)[C@@H](Cc1ccccc1C)NC(=O)c1ccc(O)cc1. The molecule has 0 aromatic heterocycles. The largest absolute Gasteiger partial charge is 0.508 e. The van der Waals surface area contributed by atoms with Crippen molar-refractivity contribution in [2.45, 2.75) is 19.4 Å². The fraction of sp³-hybridized carbons (Fsp3) is 0.222. The number of carbonyl (C=O) groups is 2. The zero-order valence-electron chi connectivity index (χ0n) is 13.1. The molecule has 1 atom stereocenters. The molecule has 0 fully saturated rings. The predicted octanol–water partition coefficient (Wildman–Crippen LogP) is 2.21. The van der Waals surface area contributed by atoms with Crippen molar-refractivity contribution < 1.29 is 19.4 Å². The number of hydrogen-bond acceptors (Lipinski definition) is 4. The number of carbonyl (C=O) groups excluding carboxylic acids is 2. The van der Waals surface area contributed by atoms with Gasteiger partial charge in [0.2, 0.25) is 0 Å². The second kappa shape index (κ2) is 7.45. The minimum Gasteiger partial charge on any atom is -0.508 e. The van der Waals surface area contributed by atoms with E-state index in [9.17, 15) is 14.7 Å². The molecule has 2 N–H and O–H groups in total. The standard InChI is InChI=1S/C18H19NO4/c1-12-5-3-4-6-14(12)11-16(18(22)23-2)19-17(21)13-7-9-15(20)10-8-13/h3-10,16,20H,11H2,1-2H3,(H,19,21)/t16-/m1/s1. The van der Waals surface area contributed by atoms with Crippen molar-refractivity contribution in [1.29, 1.82) is 0 Å². The zero-order chi connectivity index (χ0) is 16.8. The number of methoxy groups -OCH3 is 1. The molecule has 0 aliphatic rings. The van der Waals surface area contributed by atoms with Gasteiger partial charge in [-0.05, 0) is 42.3 Å². The van der Waals surface area contributed by atoms with Gasteiger partial charge in [-0.3, -0.25) is 4.79 Å². The van der Waals surface area contributed by atoms with E-state index < -0.39 is 17.9 Å². The predicted molar refractivity (Wildman–Crippen MR) is 86.3 cm³/mol. The van der Waals surface area contributed by atoms with Crippen molar-refractivity contribution >= 4 is 11.9 Å². The zero-order valence-corrected chi connectivity index (χ0v) is 13.1. The Hall–Kier alpha value is -2.82. The molecule has 2 rings (SSSR count). The molecule has 2 aromatic rings. The lowest BCUT2D eigenvalue weighted by Crippen LogP contribution is -2.43. The number of benzene rings is 2. The van der Waals surface area contributed by atoms with E-state index in [4.69, 9.17) is 4.74 Å². The van der Waals surface area contributed by atoms with E-state index in [1.54, 1.807) is 0 Å². The van der Waals surface area contributed by atoms with Gasteiger partial charge >= 0.3 is 5.97 Å². The molecule has 0 aliphatic heterocycles. The molecule has 0 spiro atoms. The molecule has 0 radical (unpaired) electrons. The maximum absolute atomic E-state index is 12.3. The van der Waals surface area contributed by atoms with E-state index in [0.29, 0.717) is 12.0 Å². The average molecular weight is 313 g/mol.